The maximum Gasteiger partial charge on any atom is 0.416 e. The minimum atomic E-state index is -5.36. The van der Waals surface area contributed by atoms with E-state index in [0.29, 0.717) is 5.56 Å². The predicted octanol–water partition coefficient (Wildman–Crippen LogP) is 10.5. The molecular weight excluding hydrogens is 716 g/mol. The molecule has 264 valence electrons. The summed E-state index contributed by atoms with van der Waals surface area (Å²) in [7, 11) is -2.68. The van der Waals surface area contributed by atoms with E-state index < -0.39 is 85.9 Å². The van der Waals surface area contributed by atoms with Gasteiger partial charge >= 0.3 is 24.7 Å². The number of halogens is 12. The van der Waals surface area contributed by atoms with E-state index in [-0.39, 0.29) is 36.4 Å². The summed E-state index contributed by atoms with van der Waals surface area (Å²) in [5.74, 6) is 0. The van der Waals surface area contributed by atoms with E-state index >= 15 is 0 Å². The monoisotopic (exact) mass is 743 g/mol. The number of alkyl halides is 12. The SMILES string of the molecule is C[C@@H]([C@H](OP(c1cc(C(F)(F)F)cc(C(F)(F)F)c1)c1cc(C(F)(F)F)cc(C(F)(F)F)c1)c1ccccc1)N(C)P(C)c1ccccc1. The third-order valence-electron chi connectivity index (χ3n) is 7.59. The molecule has 0 heterocycles. The lowest BCUT2D eigenvalue weighted by molar-refractivity contribution is -0.144. The van der Waals surface area contributed by atoms with Gasteiger partial charge in [-0.25, -0.2) is 0 Å². The van der Waals surface area contributed by atoms with Gasteiger partial charge in [-0.15, -0.1) is 0 Å². The Hall–Kier alpha value is -3.18. The zero-order valence-electron chi connectivity index (χ0n) is 25.7. The Labute approximate surface area is 276 Å². The highest BCUT2D eigenvalue weighted by Crippen LogP contribution is 2.49. The zero-order valence-corrected chi connectivity index (χ0v) is 27.5. The molecule has 0 bridgehead atoms. The van der Waals surface area contributed by atoms with Crippen LogP contribution in [0.15, 0.2) is 97.1 Å². The maximum atomic E-state index is 14.0. The van der Waals surface area contributed by atoms with Crippen LogP contribution in [0.5, 0.6) is 0 Å². The van der Waals surface area contributed by atoms with Crippen LogP contribution in [0, 0.1) is 0 Å². The van der Waals surface area contributed by atoms with Gasteiger partial charge in [-0.2, -0.15) is 52.7 Å². The van der Waals surface area contributed by atoms with Gasteiger partial charge in [0.15, 0.2) is 0 Å². The van der Waals surface area contributed by atoms with Crippen LogP contribution in [0.2, 0.25) is 0 Å². The van der Waals surface area contributed by atoms with Crippen molar-refractivity contribution in [3.05, 3.63) is 125 Å². The van der Waals surface area contributed by atoms with Crippen LogP contribution in [-0.4, -0.2) is 24.4 Å². The van der Waals surface area contributed by atoms with Crippen LogP contribution in [0.25, 0.3) is 0 Å². The Morgan fingerprint density at radius 2 is 0.878 bits per heavy atom. The summed E-state index contributed by atoms with van der Waals surface area (Å²) in [5.41, 5.74) is -6.90. The molecule has 0 saturated heterocycles. The fraction of sp³-hybridized carbons (Fsp3) is 0.273. The lowest BCUT2D eigenvalue weighted by Crippen LogP contribution is -2.35. The third kappa shape index (κ3) is 9.54. The van der Waals surface area contributed by atoms with Gasteiger partial charge in [0.05, 0.1) is 30.4 Å². The molecule has 0 aliphatic rings. The van der Waals surface area contributed by atoms with Crippen molar-refractivity contribution in [3.63, 3.8) is 0 Å². The van der Waals surface area contributed by atoms with E-state index in [0.717, 1.165) is 5.30 Å². The quantitative estimate of drug-likeness (QED) is 0.125. The van der Waals surface area contributed by atoms with Crippen molar-refractivity contribution in [2.75, 3.05) is 13.7 Å². The number of benzene rings is 4. The number of hydrogen-bond acceptors (Lipinski definition) is 2. The van der Waals surface area contributed by atoms with Gasteiger partial charge in [-0.3, -0.25) is 4.67 Å². The molecule has 0 radical (unpaired) electrons. The van der Waals surface area contributed by atoms with E-state index in [1.54, 1.807) is 50.4 Å². The first-order valence-corrected chi connectivity index (χ1v) is 17.2. The van der Waals surface area contributed by atoms with Gasteiger partial charge in [0, 0.05) is 16.7 Å². The first-order chi connectivity index (χ1) is 22.6. The number of likely N-dealkylation sites (N-methyl/N-ethyl adjacent to an activating group) is 1. The van der Waals surface area contributed by atoms with Crippen molar-refractivity contribution < 1.29 is 57.2 Å². The van der Waals surface area contributed by atoms with Crippen LogP contribution >= 0.6 is 16.2 Å². The summed E-state index contributed by atoms with van der Waals surface area (Å²) < 4.78 is 176. The molecule has 49 heavy (non-hydrogen) atoms. The molecule has 0 aliphatic heterocycles. The lowest BCUT2D eigenvalue weighted by Gasteiger charge is -2.38. The van der Waals surface area contributed by atoms with Gasteiger partial charge in [0.25, 0.3) is 0 Å². The second kappa shape index (κ2) is 14.6. The number of nitrogens with zero attached hydrogens (tertiary/aromatic N) is 1. The standard InChI is InChI=1S/C33H27F12NOP2/c1-20(46(2)48(3)26-12-8-5-9-13-26)29(21-10-6-4-7-11-21)47-49(27-16-22(30(34,35)36)14-23(17-27)31(37,38)39)28-18-24(32(40,41)42)15-25(19-28)33(43,44)45/h4-20,29H,1-3H3/t20-,29-,48?/m0/s1. The van der Waals surface area contributed by atoms with Crippen molar-refractivity contribution in [2.24, 2.45) is 0 Å². The molecule has 0 amide bonds. The van der Waals surface area contributed by atoms with Gasteiger partial charge in [0.1, 0.15) is 6.10 Å². The van der Waals surface area contributed by atoms with Crippen molar-refractivity contribution in [1.29, 1.82) is 0 Å². The summed E-state index contributed by atoms with van der Waals surface area (Å²) in [6, 6.07) is 16.8. The Bertz CT molecular complexity index is 1570. The maximum absolute atomic E-state index is 14.0. The topological polar surface area (TPSA) is 12.5 Å². The Morgan fingerprint density at radius 3 is 1.22 bits per heavy atom. The fourth-order valence-corrected chi connectivity index (χ4v) is 8.59. The Balaban J connectivity index is 2.00. The van der Waals surface area contributed by atoms with Gasteiger partial charge in [-0.1, -0.05) is 60.7 Å². The average Bonchev–Trinajstić information content (AvgIpc) is 3.03. The number of rotatable bonds is 9. The molecule has 2 nitrogen and oxygen atoms in total. The first-order valence-electron chi connectivity index (χ1n) is 14.2. The molecule has 4 rings (SSSR count). The Kier molecular flexibility index (Phi) is 11.5. The van der Waals surface area contributed by atoms with E-state index in [1.165, 1.54) is 12.1 Å². The molecule has 3 atom stereocenters. The predicted molar refractivity (Wildman–Crippen MR) is 165 cm³/mol. The molecule has 0 aliphatic carbocycles. The smallest absolute Gasteiger partial charge is 0.340 e. The molecule has 0 fully saturated rings. The summed E-state index contributed by atoms with van der Waals surface area (Å²) in [4.78, 5) is 0. The summed E-state index contributed by atoms with van der Waals surface area (Å²) in [6.07, 6.45) is -22.7. The van der Waals surface area contributed by atoms with Crippen molar-refractivity contribution in [2.45, 2.75) is 43.8 Å². The highest BCUT2D eigenvalue weighted by Gasteiger charge is 2.41. The highest BCUT2D eigenvalue weighted by atomic mass is 31.1. The number of hydrogen-bond donors (Lipinski definition) is 0. The van der Waals surface area contributed by atoms with Gasteiger partial charge in [0.2, 0.25) is 0 Å². The highest BCUT2D eigenvalue weighted by molar-refractivity contribution is 7.68. The first kappa shape index (κ1) is 38.6. The van der Waals surface area contributed by atoms with Crippen LogP contribution in [0.1, 0.15) is 40.8 Å². The van der Waals surface area contributed by atoms with E-state index in [2.05, 4.69) is 0 Å². The second-order valence-corrected chi connectivity index (χ2v) is 15.0. The normalized spacial score (nSPS) is 15.0. The molecule has 1 unspecified atom stereocenters. The summed E-state index contributed by atoms with van der Waals surface area (Å²) in [5, 5.41) is -0.897. The van der Waals surface area contributed by atoms with E-state index in [1.807, 2.05) is 23.5 Å². The largest absolute Gasteiger partial charge is 0.416 e. The summed E-state index contributed by atoms with van der Waals surface area (Å²) in [6.45, 7) is 3.50. The second-order valence-electron chi connectivity index (χ2n) is 10.9. The minimum Gasteiger partial charge on any atom is -0.340 e. The van der Waals surface area contributed by atoms with E-state index in [9.17, 15) is 52.7 Å². The van der Waals surface area contributed by atoms with Crippen molar-refractivity contribution >= 4 is 32.1 Å². The minimum absolute atomic E-state index is 0.181. The lowest BCUT2D eigenvalue weighted by atomic mass is 10.0. The van der Waals surface area contributed by atoms with Crippen LogP contribution < -0.4 is 15.9 Å². The molecule has 4 aromatic carbocycles. The van der Waals surface area contributed by atoms with Crippen molar-refractivity contribution in [1.82, 2.24) is 4.67 Å². The zero-order chi connectivity index (χ0) is 36.5. The molecule has 4 aromatic rings. The van der Waals surface area contributed by atoms with Crippen LogP contribution in [0.3, 0.4) is 0 Å². The molecule has 0 aromatic heterocycles. The van der Waals surface area contributed by atoms with Crippen LogP contribution in [-0.2, 0) is 29.2 Å². The molecule has 16 heteroatoms. The van der Waals surface area contributed by atoms with Gasteiger partial charge in [-0.05, 0) is 76.0 Å². The molecule has 0 spiro atoms. The average molecular weight is 744 g/mol. The van der Waals surface area contributed by atoms with Gasteiger partial charge < -0.3 is 4.52 Å². The fourth-order valence-electron chi connectivity index (χ4n) is 4.86. The molecule has 0 saturated carbocycles. The Morgan fingerprint density at radius 1 is 0.531 bits per heavy atom. The summed E-state index contributed by atoms with van der Waals surface area (Å²) >= 11 is 0. The van der Waals surface area contributed by atoms with E-state index in [4.69, 9.17) is 4.52 Å². The molecule has 0 N–H and O–H groups in total. The molecular formula is C33H27F12NOP2. The van der Waals surface area contributed by atoms with Crippen LogP contribution in [0.4, 0.5) is 52.7 Å². The third-order valence-corrected chi connectivity index (χ3v) is 11.8. The van der Waals surface area contributed by atoms with Crippen molar-refractivity contribution in [3.8, 4) is 0 Å².